The molecule has 0 saturated heterocycles. The van der Waals surface area contributed by atoms with Crippen LogP contribution >= 0.6 is 15.9 Å². The number of amides is 1. The first kappa shape index (κ1) is 16.4. The Morgan fingerprint density at radius 1 is 1.60 bits per heavy atom. The number of primary amides is 1. The lowest BCUT2D eigenvalue weighted by Gasteiger charge is -2.18. The van der Waals surface area contributed by atoms with E-state index in [1.54, 1.807) is 6.92 Å². The third kappa shape index (κ3) is 3.67. The van der Waals surface area contributed by atoms with Crippen molar-refractivity contribution in [2.75, 3.05) is 0 Å². The summed E-state index contributed by atoms with van der Waals surface area (Å²) in [5, 5.41) is 20.8. The van der Waals surface area contributed by atoms with Gasteiger partial charge < -0.3 is 15.6 Å². The number of ether oxygens (including phenoxy) is 1. The van der Waals surface area contributed by atoms with E-state index in [0.717, 1.165) is 0 Å². The zero-order valence-electron chi connectivity index (χ0n) is 11.0. The summed E-state index contributed by atoms with van der Waals surface area (Å²) in [7, 11) is 0. The van der Waals surface area contributed by atoms with E-state index in [1.165, 1.54) is 19.1 Å². The van der Waals surface area contributed by atoms with Gasteiger partial charge in [-0.3, -0.25) is 14.9 Å². The Bertz CT molecular complexity index is 533. The van der Waals surface area contributed by atoms with Crippen LogP contribution < -0.4 is 10.5 Å². The quantitative estimate of drug-likeness (QED) is 0.604. The van der Waals surface area contributed by atoms with Gasteiger partial charge in [0.05, 0.1) is 11.0 Å². The molecule has 0 spiro atoms. The van der Waals surface area contributed by atoms with E-state index in [2.05, 4.69) is 15.9 Å². The second-order valence-corrected chi connectivity index (χ2v) is 5.11. The molecule has 1 aromatic rings. The SMILES string of the molecule is CCC(Oc1c([C@H](C)O)cc(Br)cc1[N+](=O)[O-])C(N)=O. The Morgan fingerprint density at radius 3 is 2.60 bits per heavy atom. The van der Waals surface area contributed by atoms with Gasteiger partial charge in [0.2, 0.25) is 5.75 Å². The van der Waals surface area contributed by atoms with E-state index in [-0.39, 0.29) is 23.4 Å². The summed E-state index contributed by atoms with van der Waals surface area (Å²) in [6, 6.07) is 2.75. The highest BCUT2D eigenvalue weighted by atomic mass is 79.9. The summed E-state index contributed by atoms with van der Waals surface area (Å²) >= 11 is 3.13. The average Bonchev–Trinajstić information content (AvgIpc) is 2.35. The number of benzene rings is 1. The minimum absolute atomic E-state index is 0.140. The van der Waals surface area contributed by atoms with E-state index < -0.39 is 23.0 Å². The molecule has 3 N–H and O–H groups in total. The molecule has 0 saturated carbocycles. The summed E-state index contributed by atoms with van der Waals surface area (Å²) in [6.07, 6.45) is -1.72. The molecule has 110 valence electrons. The van der Waals surface area contributed by atoms with Crippen LogP contribution in [0.1, 0.15) is 31.9 Å². The van der Waals surface area contributed by atoms with Crippen molar-refractivity contribution >= 4 is 27.5 Å². The van der Waals surface area contributed by atoms with Crippen molar-refractivity contribution in [3.05, 3.63) is 32.3 Å². The van der Waals surface area contributed by atoms with Crippen LogP contribution in [-0.2, 0) is 4.79 Å². The molecule has 1 aromatic carbocycles. The summed E-state index contributed by atoms with van der Waals surface area (Å²) in [5.74, 6) is -0.861. The summed E-state index contributed by atoms with van der Waals surface area (Å²) in [4.78, 5) is 21.7. The lowest BCUT2D eigenvalue weighted by molar-refractivity contribution is -0.386. The highest BCUT2D eigenvalue weighted by molar-refractivity contribution is 9.10. The lowest BCUT2D eigenvalue weighted by Crippen LogP contribution is -2.33. The molecule has 0 fully saturated rings. The number of nitrogens with two attached hydrogens (primary N) is 1. The number of halogens is 1. The monoisotopic (exact) mass is 346 g/mol. The van der Waals surface area contributed by atoms with Gasteiger partial charge >= 0.3 is 5.69 Å². The van der Waals surface area contributed by atoms with E-state index >= 15 is 0 Å². The van der Waals surface area contributed by atoms with E-state index in [9.17, 15) is 20.0 Å². The second kappa shape index (κ2) is 6.67. The Labute approximate surface area is 124 Å². The van der Waals surface area contributed by atoms with Gasteiger partial charge in [-0.1, -0.05) is 22.9 Å². The maximum atomic E-state index is 11.2. The Morgan fingerprint density at radius 2 is 2.20 bits per heavy atom. The highest BCUT2D eigenvalue weighted by Crippen LogP contribution is 2.38. The molecule has 0 bridgehead atoms. The number of hydrogen-bond donors (Lipinski definition) is 2. The number of carbonyl (C=O) groups is 1. The molecule has 20 heavy (non-hydrogen) atoms. The smallest absolute Gasteiger partial charge is 0.312 e. The van der Waals surface area contributed by atoms with Crippen LogP contribution in [-0.4, -0.2) is 22.0 Å². The van der Waals surface area contributed by atoms with Crippen LogP contribution in [0.4, 0.5) is 5.69 Å². The zero-order chi connectivity index (χ0) is 15.4. The maximum Gasteiger partial charge on any atom is 0.312 e. The molecule has 1 rings (SSSR count). The predicted octanol–water partition coefficient (Wildman–Crippen LogP) is 2.05. The van der Waals surface area contributed by atoms with Gasteiger partial charge in [-0.05, 0) is 19.4 Å². The van der Waals surface area contributed by atoms with Crippen LogP contribution in [0.3, 0.4) is 0 Å². The minimum atomic E-state index is -0.994. The molecule has 0 radical (unpaired) electrons. The normalized spacial score (nSPS) is 13.6. The van der Waals surface area contributed by atoms with Gasteiger partial charge in [-0.2, -0.15) is 0 Å². The van der Waals surface area contributed by atoms with Crippen LogP contribution in [0.25, 0.3) is 0 Å². The first-order valence-electron chi connectivity index (χ1n) is 5.89. The van der Waals surface area contributed by atoms with E-state index in [0.29, 0.717) is 4.47 Å². The minimum Gasteiger partial charge on any atom is -0.473 e. The summed E-state index contributed by atoms with van der Waals surface area (Å²) < 4.78 is 5.80. The Balaban J connectivity index is 3.40. The first-order valence-corrected chi connectivity index (χ1v) is 6.69. The number of nitro groups is 1. The molecule has 0 heterocycles. The van der Waals surface area contributed by atoms with Crippen LogP contribution in [0.5, 0.6) is 5.75 Å². The van der Waals surface area contributed by atoms with Gasteiger partial charge in [0.15, 0.2) is 6.10 Å². The number of nitrogens with zero attached hydrogens (tertiary/aromatic N) is 1. The lowest BCUT2D eigenvalue weighted by atomic mass is 10.1. The highest BCUT2D eigenvalue weighted by Gasteiger charge is 2.27. The zero-order valence-corrected chi connectivity index (χ0v) is 12.6. The molecule has 0 aliphatic rings. The number of aliphatic hydroxyl groups excluding tert-OH is 1. The van der Waals surface area contributed by atoms with E-state index in [4.69, 9.17) is 10.5 Å². The van der Waals surface area contributed by atoms with Gasteiger partial charge in [0, 0.05) is 16.1 Å². The van der Waals surface area contributed by atoms with Gasteiger partial charge in [0.25, 0.3) is 5.91 Å². The summed E-state index contributed by atoms with van der Waals surface area (Å²) in [5.41, 5.74) is 5.05. The summed E-state index contributed by atoms with van der Waals surface area (Å²) in [6.45, 7) is 3.12. The van der Waals surface area contributed by atoms with Crippen molar-refractivity contribution in [3.63, 3.8) is 0 Å². The molecule has 1 amide bonds. The fraction of sp³-hybridized carbons (Fsp3) is 0.417. The molecule has 0 aliphatic carbocycles. The Hall–Kier alpha value is -1.67. The molecule has 0 aliphatic heterocycles. The average molecular weight is 347 g/mol. The number of aliphatic hydroxyl groups is 1. The third-order valence-electron chi connectivity index (χ3n) is 2.66. The number of rotatable bonds is 6. The van der Waals surface area contributed by atoms with Crippen molar-refractivity contribution in [1.82, 2.24) is 0 Å². The topological polar surface area (TPSA) is 116 Å². The van der Waals surface area contributed by atoms with Crippen LogP contribution in [0.2, 0.25) is 0 Å². The largest absolute Gasteiger partial charge is 0.473 e. The number of carbonyl (C=O) groups excluding carboxylic acids is 1. The molecule has 1 unspecified atom stereocenters. The predicted molar refractivity (Wildman–Crippen MR) is 75.3 cm³/mol. The van der Waals surface area contributed by atoms with Crippen LogP contribution in [0, 0.1) is 10.1 Å². The molecular weight excluding hydrogens is 332 g/mol. The maximum absolute atomic E-state index is 11.2. The van der Waals surface area contributed by atoms with Crippen LogP contribution in [0.15, 0.2) is 16.6 Å². The number of nitro benzene ring substituents is 1. The molecule has 0 aromatic heterocycles. The van der Waals surface area contributed by atoms with Gasteiger partial charge in [-0.15, -0.1) is 0 Å². The van der Waals surface area contributed by atoms with Crippen molar-refractivity contribution in [2.24, 2.45) is 5.73 Å². The van der Waals surface area contributed by atoms with Crippen molar-refractivity contribution in [2.45, 2.75) is 32.5 Å². The third-order valence-corrected chi connectivity index (χ3v) is 3.12. The standard InChI is InChI=1S/C12H15BrN2O5/c1-3-10(12(14)17)20-11-8(6(2)16)4-7(13)5-9(11)15(18)19/h4-6,10,16H,3H2,1-2H3,(H2,14,17)/t6-,10?/m0/s1. The molecule has 8 heteroatoms. The van der Waals surface area contributed by atoms with Crippen molar-refractivity contribution < 1.29 is 19.6 Å². The van der Waals surface area contributed by atoms with Gasteiger partial charge in [0.1, 0.15) is 0 Å². The fourth-order valence-electron chi connectivity index (χ4n) is 1.66. The fourth-order valence-corrected chi connectivity index (χ4v) is 2.12. The molecular formula is C12H15BrN2O5. The van der Waals surface area contributed by atoms with Crippen molar-refractivity contribution in [1.29, 1.82) is 0 Å². The number of hydrogen-bond acceptors (Lipinski definition) is 5. The first-order chi connectivity index (χ1) is 9.27. The second-order valence-electron chi connectivity index (χ2n) is 4.19. The van der Waals surface area contributed by atoms with E-state index in [1.807, 2.05) is 0 Å². The van der Waals surface area contributed by atoms with Gasteiger partial charge in [-0.25, -0.2) is 0 Å². The molecule has 7 nitrogen and oxygen atoms in total. The molecule has 2 atom stereocenters. The Kier molecular flexibility index (Phi) is 5.46. The van der Waals surface area contributed by atoms with Crippen molar-refractivity contribution in [3.8, 4) is 5.75 Å².